The fourth-order valence-electron chi connectivity index (χ4n) is 1.75. The number of imidazole rings is 1. The maximum atomic E-state index is 8.85. The summed E-state index contributed by atoms with van der Waals surface area (Å²) in [5, 5.41) is 11.9. The average Bonchev–Trinajstić information content (AvgIpc) is 2.78. The highest BCUT2D eigenvalue weighted by Gasteiger charge is 2.02. The van der Waals surface area contributed by atoms with Gasteiger partial charge in [0.25, 0.3) is 0 Å². The van der Waals surface area contributed by atoms with Crippen LogP contribution in [0.5, 0.6) is 0 Å². The number of nitrogens with zero attached hydrogens (tertiary/aromatic N) is 3. The lowest BCUT2D eigenvalue weighted by Crippen LogP contribution is -2.12. The van der Waals surface area contributed by atoms with Crippen molar-refractivity contribution in [2.75, 3.05) is 7.05 Å². The summed E-state index contributed by atoms with van der Waals surface area (Å²) in [7, 11) is 1.90. The van der Waals surface area contributed by atoms with Gasteiger partial charge in [0.15, 0.2) is 0 Å². The van der Waals surface area contributed by atoms with Gasteiger partial charge in [0.05, 0.1) is 18.2 Å². The van der Waals surface area contributed by atoms with Crippen molar-refractivity contribution in [1.82, 2.24) is 14.9 Å². The molecule has 0 aliphatic heterocycles. The molecule has 0 aliphatic rings. The largest absolute Gasteiger partial charge is 0.329 e. The number of benzene rings is 1. The van der Waals surface area contributed by atoms with Crippen molar-refractivity contribution in [2.24, 2.45) is 0 Å². The Bertz CT molecular complexity index is 536. The van der Waals surface area contributed by atoms with Gasteiger partial charge in [-0.2, -0.15) is 5.26 Å². The molecule has 0 saturated heterocycles. The zero-order chi connectivity index (χ0) is 12.1. The van der Waals surface area contributed by atoms with Gasteiger partial charge in [0.1, 0.15) is 5.82 Å². The van der Waals surface area contributed by atoms with Gasteiger partial charge >= 0.3 is 0 Å². The van der Waals surface area contributed by atoms with Crippen LogP contribution in [-0.4, -0.2) is 16.6 Å². The van der Waals surface area contributed by atoms with Gasteiger partial charge in [0.2, 0.25) is 0 Å². The average molecular weight is 226 g/mol. The van der Waals surface area contributed by atoms with Crippen molar-refractivity contribution in [1.29, 1.82) is 5.26 Å². The Kier molecular flexibility index (Phi) is 3.53. The molecular weight excluding hydrogens is 212 g/mol. The SMILES string of the molecule is CNCc1nccn1Cc1cccc(C#N)c1. The van der Waals surface area contributed by atoms with E-state index >= 15 is 0 Å². The molecule has 1 aromatic carbocycles. The lowest BCUT2D eigenvalue weighted by atomic mass is 10.1. The van der Waals surface area contributed by atoms with E-state index in [0.29, 0.717) is 5.56 Å². The van der Waals surface area contributed by atoms with Crippen LogP contribution in [0.15, 0.2) is 36.7 Å². The second-order valence-corrected chi connectivity index (χ2v) is 3.81. The Morgan fingerprint density at radius 1 is 1.47 bits per heavy atom. The molecule has 0 unspecified atom stereocenters. The molecule has 2 rings (SSSR count). The predicted molar refractivity (Wildman–Crippen MR) is 65.2 cm³/mol. The summed E-state index contributed by atoms with van der Waals surface area (Å²) in [6.45, 7) is 1.48. The molecule has 4 nitrogen and oxygen atoms in total. The molecule has 0 fully saturated rings. The first-order chi connectivity index (χ1) is 8.33. The third-order valence-corrected chi connectivity index (χ3v) is 2.55. The molecule has 0 spiro atoms. The smallest absolute Gasteiger partial charge is 0.122 e. The van der Waals surface area contributed by atoms with Crippen molar-refractivity contribution in [3.63, 3.8) is 0 Å². The second kappa shape index (κ2) is 5.28. The highest BCUT2D eigenvalue weighted by molar-refractivity contribution is 5.32. The molecule has 0 atom stereocenters. The Morgan fingerprint density at radius 3 is 3.12 bits per heavy atom. The van der Waals surface area contributed by atoms with Crippen LogP contribution in [-0.2, 0) is 13.1 Å². The number of hydrogen-bond acceptors (Lipinski definition) is 3. The monoisotopic (exact) mass is 226 g/mol. The van der Waals surface area contributed by atoms with Gasteiger partial charge in [-0.25, -0.2) is 4.98 Å². The Balaban J connectivity index is 2.19. The molecule has 1 N–H and O–H groups in total. The standard InChI is InChI=1S/C13H14N4/c1-15-9-13-16-5-6-17(13)10-12-4-2-3-11(7-12)8-14/h2-7,15H,9-10H2,1H3. The Morgan fingerprint density at radius 2 is 2.35 bits per heavy atom. The third kappa shape index (κ3) is 2.71. The molecule has 1 aromatic heterocycles. The molecule has 0 bridgehead atoms. The first-order valence-corrected chi connectivity index (χ1v) is 5.47. The van der Waals surface area contributed by atoms with Gasteiger partial charge < -0.3 is 9.88 Å². The molecule has 17 heavy (non-hydrogen) atoms. The number of hydrogen-bond donors (Lipinski definition) is 1. The van der Waals surface area contributed by atoms with Crippen LogP contribution < -0.4 is 5.32 Å². The van der Waals surface area contributed by atoms with Crippen molar-refractivity contribution in [3.8, 4) is 6.07 Å². The first kappa shape index (κ1) is 11.4. The summed E-state index contributed by atoms with van der Waals surface area (Å²) in [5.74, 6) is 0.995. The number of nitriles is 1. The summed E-state index contributed by atoms with van der Waals surface area (Å²) >= 11 is 0. The number of aromatic nitrogens is 2. The third-order valence-electron chi connectivity index (χ3n) is 2.55. The van der Waals surface area contributed by atoms with Crippen LogP contribution in [0.25, 0.3) is 0 Å². The Labute approximate surface area is 101 Å². The van der Waals surface area contributed by atoms with Crippen LogP contribution in [0.3, 0.4) is 0 Å². The van der Waals surface area contributed by atoms with Gasteiger partial charge in [-0.05, 0) is 24.7 Å². The Hall–Kier alpha value is -2.12. The first-order valence-electron chi connectivity index (χ1n) is 5.47. The molecule has 0 aliphatic carbocycles. The van der Waals surface area contributed by atoms with Crippen LogP contribution >= 0.6 is 0 Å². The van der Waals surface area contributed by atoms with Crippen LogP contribution in [0.1, 0.15) is 17.0 Å². The van der Waals surface area contributed by atoms with Crippen LogP contribution in [0, 0.1) is 11.3 Å². The number of nitrogens with one attached hydrogen (secondary N) is 1. The fourth-order valence-corrected chi connectivity index (χ4v) is 1.75. The maximum Gasteiger partial charge on any atom is 0.122 e. The second-order valence-electron chi connectivity index (χ2n) is 3.81. The highest BCUT2D eigenvalue weighted by atomic mass is 15.1. The maximum absolute atomic E-state index is 8.85. The van der Waals surface area contributed by atoms with E-state index in [1.807, 2.05) is 37.5 Å². The van der Waals surface area contributed by atoms with E-state index in [-0.39, 0.29) is 0 Å². The topological polar surface area (TPSA) is 53.6 Å². The van der Waals surface area contributed by atoms with E-state index < -0.39 is 0 Å². The van der Waals surface area contributed by atoms with E-state index in [2.05, 4.69) is 20.9 Å². The van der Waals surface area contributed by atoms with Crippen molar-refractivity contribution < 1.29 is 0 Å². The molecule has 0 saturated carbocycles. The number of rotatable bonds is 4. The normalized spacial score (nSPS) is 10.1. The molecule has 0 amide bonds. The van der Waals surface area contributed by atoms with E-state index in [0.717, 1.165) is 24.5 Å². The van der Waals surface area contributed by atoms with Crippen LogP contribution in [0.4, 0.5) is 0 Å². The van der Waals surface area contributed by atoms with Gasteiger partial charge in [-0.15, -0.1) is 0 Å². The highest BCUT2D eigenvalue weighted by Crippen LogP contribution is 2.08. The molecule has 86 valence electrons. The van der Waals surface area contributed by atoms with Crippen molar-refractivity contribution in [3.05, 3.63) is 53.6 Å². The lowest BCUT2D eigenvalue weighted by molar-refractivity contribution is 0.673. The summed E-state index contributed by atoms with van der Waals surface area (Å²) < 4.78 is 2.08. The molecule has 1 heterocycles. The zero-order valence-corrected chi connectivity index (χ0v) is 9.72. The lowest BCUT2D eigenvalue weighted by Gasteiger charge is -2.07. The van der Waals surface area contributed by atoms with E-state index in [1.54, 1.807) is 6.20 Å². The summed E-state index contributed by atoms with van der Waals surface area (Å²) in [6.07, 6.45) is 3.74. The quantitative estimate of drug-likeness (QED) is 0.860. The van der Waals surface area contributed by atoms with Crippen molar-refractivity contribution in [2.45, 2.75) is 13.1 Å². The zero-order valence-electron chi connectivity index (χ0n) is 9.72. The minimum absolute atomic E-state index is 0.692. The van der Waals surface area contributed by atoms with Gasteiger partial charge in [-0.3, -0.25) is 0 Å². The molecule has 0 radical (unpaired) electrons. The van der Waals surface area contributed by atoms with Crippen LogP contribution in [0.2, 0.25) is 0 Å². The summed E-state index contributed by atoms with van der Waals surface area (Å²) in [5.41, 5.74) is 1.80. The van der Waals surface area contributed by atoms with E-state index in [1.165, 1.54) is 0 Å². The van der Waals surface area contributed by atoms with E-state index in [9.17, 15) is 0 Å². The summed E-state index contributed by atoms with van der Waals surface area (Å²) in [6, 6.07) is 9.79. The minimum Gasteiger partial charge on any atom is -0.329 e. The minimum atomic E-state index is 0.692. The predicted octanol–water partition coefficient (Wildman–Crippen LogP) is 1.52. The fraction of sp³-hybridized carbons (Fsp3) is 0.231. The molecular formula is C13H14N4. The summed E-state index contributed by atoms with van der Waals surface area (Å²) in [4.78, 5) is 4.28. The molecule has 2 aromatic rings. The molecule has 4 heteroatoms. The van der Waals surface area contributed by atoms with Crippen molar-refractivity contribution >= 4 is 0 Å². The van der Waals surface area contributed by atoms with E-state index in [4.69, 9.17) is 5.26 Å². The van der Waals surface area contributed by atoms with Gasteiger partial charge in [-0.1, -0.05) is 12.1 Å². The van der Waals surface area contributed by atoms with Gasteiger partial charge in [0, 0.05) is 18.9 Å².